The molecular weight excluding hydrogens is 364 g/mol. The van der Waals surface area contributed by atoms with Gasteiger partial charge in [-0.1, -0.05) is 45.4 Å². The van der Waals surface area contributed by atoms with Crippen LogP contribution in [-0.2, 0) is 10.0 Å². The quantitative estimate of drug-likeness (QED) is 0.807. The molecule has 0 aliphatic carbocycles. The maximum atomic E-state index is 12.5. The molecule has 7 nitrogen and oxygen atoms in total. The molecule has 0 fully saturated rings. The lowest BCUT2D eigenvalue weighted by Gasteiger charge is -2.21. The highest BCUT2D eigenvalue weighted by atomic mass is 32.2. The smallest absolute Gasteiger partial charge is 0.307 e. The number of carbonyl (C=O) groups excluding carboxylic acids is 1. The second-order valence-corrected chi connectivity index (χ2v) is 8.81. The van der Waals surface area contributed by atoms with E-state index >= 15 is 0 Å². The van der Waals surface area contributed by atoms with Crippen LogP contribution in [0.25, 0.3) is 0 Å². The number of sulfonamides is 1. The lowest BCUT2D eigenvalue weighted by Crippen LogP contribution is -2.35. The van der Waals surface area contributed by atoms with Crippen molar-refractivity contribution in [3.05, 3.63) is 46.9 Å². The predicted octanol–water partition coefficient (Wildman–Crippen LogP) is 3.85. The number of nitrogens with one attached hydrogen (secondary N) is 2. The minimum Gasteiger partial charge on any atom is -0.307 e. The topological polar surface area (TPSA) is 101 Å². The summed E-state index contributed by atoms with van der Waals surface area (Å²) >= 11 is 0. The van der Waals surface area contributed by atoms with Crippen molar-refractivity contribution in [2.45, 2.75) is 58.4 Å². The Bertz CT molecular complexity index is 907. The van der Waals surface area contributed by atoms with Gasteiger partial charge in [-0.3, -0.25) is 4.98 Å². The van der Waals surface area contributed by atoms with Crippen molar-refractivity contribution in [2.24, 2.45) is 0 Å². The molecule has 1 aromatic heterocycles. The molecule has 0 saturated heterocycles. The van der Waals surface area contributed by atoms with Crippen LogP contribution in [0.15, 0.2) is 29.6 Å². The molecule has 0 bridgehead atoms. The number of aromatic nitrogens is 2. The van der Waals surface area contributed by atoms with E-state index in [0.29, 0.717) is 11.4 Å². The van der Waals surface area contributed by atoms with E-state index < -0.39 is 16.1 Å². The first-order chi connectivity index (χ1) is 12.5. The fourth-order valence-corrected chi connectivity index (χ4v) is 3.51. The number of amides is 2. The number of anilines is 1. The van der Waals surface area contributed by atoms with E-state index in [2.05, 4.69) is 15.3 Å². The molecule has 0 radical (unpaired) electrons. The first-order valence-electron chi connectivity index (χ1n) is 8.78. The van der Waals surface area contributed by atoms with E-state index in [0.717, 1.165) is 22.9 Å². The summed E-state index contributed by atoms with van der Waals surface area (Å²) in [5, 5.41) is 2.42. The van der Waals surface area contributed by atoms with Crippen molar-refractivity contribution in [1.29, 1.82) is 0 Å². The molecule has 0 unspecified atom stereocenters. The van der Waals surface area contributed by atoms with E-state index in [4.69, 9.17) is 0 Å². The molecule has 146 valence electrons. The summed E-state index contributed by atoms with van der Waals surface area (Å²) in [5.41, 5.74) is 4.24. The number of urea groups is 1. The average Bonchev–Trinajstić information content (AvgIpc) is 2.55. The number of nitrogens with zero attached hydrogens (tertiary/aromatic N) is 2. The minimum absolute atomic E-state index is 0.164. The molecule has 1 heterocycles. The maximum absolute atomic E-state index is 12.5. The van der Waals surface area contributed by atoms with Crippen LogP contribution in [0.5, 0.6) is 0 Å². The summed E-state index contributed by atoms with van der Waals surface area (Å²) in [6.07, 6.45) is 2.45. The van der Waals surface area contributed by atoms with Gasteiger partial charge in [-0.15, -0.1) is 0 Å². The van der Waals surface area contributed by atoms with E-state index in [1.54, 1.807) is 6.92 Å². The van der Waals surface area contributed by atoms with Gasteiger partial charge in [0.15, 0.2) is 5.03 Å². The molecule has 27 heavy (non-hydrogen) atoms. The third-order valence-corrected chi connectivity index (χ3v) is 5.30. The molecule has 8 heteroatoms. The Morgan fingerprint density at radius 2 is 1.52 bits per heavy atom. The van der Waals surface area contributed by atoms with Gasteiger partial charge in [-0.2, -0.15) is 8.42 Å². The zero-order valence-corrected chi connectivity index (χ0v) is 17.3. The van der Waals surface area contributed by atoms with Crippen LogP contribution in [0.2, 0.25) is 0 Å². The second-order valence-electron chi connectivity index (χ2n) is 7.18. The number of rotatable bonds is 5. The molecule has 0 aliphatic heterocycles. The SMILES string of the molecule is Cc1cc(C(C)C)c(NC(=O)NS(=O)(=O)c2cnc(C)cn2)c(C(C)C)c1. The highest BCUT2D eigenvalue weighted by Crippen LogP contribution is 2.33. The third kappa shape index (κ3) is 5.03. The summed E-state index contributed by atoms with van der Waals surface area (Å²) in [6, 6.07) is 3.18. The lowest BCUT2D eigenvalue weighted by molar-refractivity contribution is 0.256. The van der Waals surface area contributed by atoms with Crippen LogP contribution in [-0.4, -0.2) is 24.4 Å². The van der Waals surface area contributed by atoms with Crippen molar-refractivity contribution in [3.8, 4) is 0 Å². The van der Waals surface area contributed by atoms with Gasteiger partial charge in [0.05, 0.1) is 11.9 Å². The van der Waals surface area contributed by atoms with Crippen LogP contribution < -0.4 is 10.0 Å². The normalized spacial score (nSPS) is 11.7. The maximum Gasteiger partial charge on any atom is 0.333 e. The van der Waals surface area contributed by atoms with Crippen LogP contribution in [0, 0.1) is 13.8 Å². The fraction of sp³-hybridized carbons (Fsp3) is 0.421. The van der Waals surface area contributed by atoms with Gasteiger partial charge in [0.25, 0.3) is 10.0 Å². The Hall–Kier alpha value is -2.48. The average molecular weight is 391 g/mol. The van der Waals surface area contributed by atoms with Gasteiger partial charge >= 0.3 is 6.03 Å². The monoisotopic (exact) mass is 390 g/mol. The van der Waals surface area contributed by atoms with Gasteiger partial charge in [-0.05, 0) is 36.8 Å². The molecule has 0 atom stereocenters. The second kappa shape index (κ2) is 8.04. The largest absolute Gasteiger partial charge is 0.333 e. The van der Waals surface area contributed by atoms with Gasteiger partial charge < -0.3 is 5.32 Å². The highest BCUT2D eigenvalue weighted by molar-refractivity contribution is 7.90. The predicted molar refractivity (Wildman–Crippen MR) is 105 cm³/mol. The summed E-state index contributed by atoms with van der Waals surface area (Å²) in [5.74, 6) is 0.328. The van der Waals surface area contributed by atoms with E-state index in [-0.39, 0.29) is 16.9 Å². The molecule has 0 saturated carbocycles. The van der Waals surface area contributed by atoms with Crippen LogP contribution in [0.3, 0.4) is 0 Å². The number of hydrogen-bond acceptors (Lipinski definition) is 5. The van der Waals surface area contributed by atoms with E-state index in [1.165, 1.54) is 6.20 Å². The fourth-order valence-electron chi connectivity index (χ4n) is 2.73. The molecule has 2 rings (SSSR count). The van der Waals surface area contributed by atoms with Crippen LogP contribution >= 0.6 is 0 Å². The third-order valence-electron chi connectivity index (χ3n) is 4.09. The number of hydrogen-bond donors (Lipinski definition) is 2. The molecule has 0 spiro atoms. The van der Waals surface area contributed by atoms with Crippen molar-refractivity contribution in [1.82, 2.24) is 14.7 Å². The standard InChI is InChI=1S/C19H26N4O3S/c1-11(2)15-7-13(5)8-16(12(3)4)18(15)22-19(24)23-27(25,26)17-10-20-14(6)9-21-17/h7-12H,1-6H3,(H2,22,23,24). The molecular formula is C19H26N4O3S. The van der Waals surface area contributed by atoms with Crippen molar-refractivity contribution >= 4 is 21.7 Å². The Morgan fingerprint density at radius 1 is 0.963 bits per heavy atom. The Morgan fingerprint density at radius 3 is 1.96 bits per heavy atom. The Balaban J connectivity index is 2.33. The summed E-state index contributed by atoms with van der Waals surface area (Å²) in [6.45, 7) is 11.8. The Kier molecular flexibility index (Phi) is 6.20. The summed E-state index contributed by atoms with van der Waals surface area (Å²) in [7, 11) is -4.11. The molecule has 2 N–H and O–H groups in total. The van der Waals surface area contributed by atoms with Gasteiger partial charge in [0.2, 0.25) is 0 Å². The summed E-state index contributed by atoms with van der Waals surface area (Å²) < 4.78 is 26.7. The molecule has 1 aromatic carbocycles. The van der Waals surface area contributed by atoms with Crippen molar-refractivity contribution in [3.63, 3.8) is 0 Å². The first-order valence-corrected chi connectivity index (χ1v) is 10.3. The van der Waals surface area contributed by atoms with Gasteiger partial charge in [0, 0.05) is 11.9 Å². The van der Waals surface area contributed by atoms with Crippen LogP contribution in [0.1, 0.15) is 61.9 Å². The van der Waals surface area contributed by atoms with Crippen molar-refractivity contribution in [2.75, 3.05) is 5.32 Å². The number of benzene rings is 1. The zero-order chi connectivity index (χ0) is 20.4. The van der Waals surface area contributed by atoms with E-state index in [1.807, 2.05) is 51.5 Å². The number of carbonyl (C=O) groups is 1. The molecule has 0 aliphatic rings. The molecule has 2 amide bonds. The van der Waals surface area contributed by atoms with E-state index in [9.17, 15) is 13.2 Å². The van der Waals surface area contributed by atoms with Crippen LogP contribution in [0.4, 0.5) is 10.5 Å². The van der Waals surface area contributed by atoms with Crippen molar-refractivity contribution < 1.29 is 13.2 Å². The van der Waals surface area contributed by atoms with Gasteiger partial charge in [-0.25, -0.2) is 14.5 Å². The molecule has 2 aromatic rings. The number of aryl methyl sites for hydroxylation is 2. The first kappa shape index (κ1) is 20.8. The Labute approximate surface area is 160 Å². The minimum atomic E-state index is -4.11. The summed E-state index contributed by atoms with van der Waals surface area (Å²) in [4.78, 5) is 20.2. The zero-order valence-electron chi connectivity index (χ0n) is 16.5. The van der Waals surface area contributed by atoms with Gasteiger partial charge in [0.1, 0.15) is 0 Å². The lowest BCUT2D eigenvalue weighted by atomic mass is 9.90. The highest BCUT2D eigenvalue weighted by Gasteiger charge is 2.22.